The molecule has 2 N–H and O–H groups in total. The predicted octanol–water partition coefficient (Wildman–Crippen LogP) is 9.07. The van der Waals surface area contributed by atoms with Crippen molar-refractivity contribution in [2.24, 2.45) is 0 Å². The molecule has 2 heterocycles. The second-order valence-corrected chi connectivity index (χ2v) is 14.0. The van der Waals surface area contributed by atoms with Gasteiger partial charge in [0.05, 0.1) is 42.4 Å². The van der Waals surface area contributed by atoms with Crippen molar-refractivity contribution < 1.29 is 40.2 Å². The molecule has 3 aromatic carbocycles. The standard InChI is InChI=1S/C40H47FN2O6/c1-25(2)36-35(42-38(46)31-15-11-12-16-32(31)44)34(26-13-9-8-10-14-26)37(27-17-19-28(41)20-18-27)43(36)22-21-29-23-30(48-40(6,7)47-29)24-33(45)49-39(3,4)5/h8-20,25,29-30,44H,21-24H2,1-7H3,(H,42,46)/i8D,9D,10D,13D,14D. The van der Waals surface area contributed by atoms with Gasteiger partial charge in [0.25, 0.3) is 5.91 Å². The molecule has 1 aliphatic rings. The van der Waals surface area contributed by atoms with Crippen LogP contribution in [0.2, 0.25) is 0 Å². The van der Waals surface area contributed by atoms with Gasteiger partial charge < -0.3 is 29.2 Å². The van der Waals surface area contributed by atoms with Gasteiger partial charge in [0, 0.05) is 24.2 Å². The SMILES string of the molecule is [2H]c1c([2H])c([2H])c(-c2c(NC(=O)c3ccccc3O)c(C(C)C)n(CCC3CC(CC(=O)OC(C)(C)C)OC(C)(C)O3)c2-c2ccc(F)cc2)c([2H])c1[2H]. The van der Waals surface area contributed by atoms with E-state index in [0.29, 0.717) is 29.8 Å². The molecule has 4 aromatic rings. The topological polar surface area (TPSA) is 99.0 Å². The number of esters is 1. The summed E-state index contributed by atoms with van der Waals surface area (Å²) in [7, 11) is 0. The van der Waals surface area contributed by atoms with E-state index in [0.717, 1.165) is 0 Å². The van der Waals surface area contributed by atoms with Gasteiger partial charge in [-0.15, -0.1) is 0 Å². The Morgan fingerprint density at radius 1 is 1.04 bits per heavy atom. The van der Waals surface area contributed by atoms with Crippen molar-refractivity contribution in [3.05, 3.63) is 95.8 Å². The highest BCUT2D eigenvalue weighted by molar-refractivity contribution is 6.10. The smallest absolute Gasteiger partial charge is 0.308 e. The van der Waals surface area contributed by atoms with E-state index in [4.69, 9.17) is 21.1 Å². The van der Waals surface area contributed by atoms with E-state index < -0.39 is 71.5 Å². The second-order valence-electron chi connectivity index (χ2n) is 14.0. The van der Waals surface area contributed by atoms with Crippen LogP contribution in [-0.2, 0) is 25.5 Å². The number of aromatic nitrogens is 1. The number of aromatic hydroxyl groups is 1. The van der Waals surface area contributed by atoms with Gasteiger partial charge >= 0.3 is 5.97 Å². The van der Waals surface area contributed by atoms with Crippen LogP contribution in [0.1, 0.15) is 96.6 Å². The number of phenolic OH excluding ortho intramolecular Hbond substituents is 1. The molecule has 8 nitrogen and oxygen atoms in total. The summed E-state index contributed by atoms with van der Waals surface area (Å²) in [5.74, 6) is -3.23. The minimum atomic E-state index is -1.04. The number of carbonyl (C=O) groups excluding carboxylic acids is 2. The molecule has 49 heavy (non-hydrogen) atoms. The fraction of sp³-hybridized carbons (Fsp3) is 0.400. The van der Waals surface area contributed by atoms with Crippen molar-refractivity contribution >= 4 is 17.6 Å². The van der Waals surface area contributed by atoms with Crippen molar-refractivity contribution in [3.8, 4) is 28.1 Å². The summed E-state index contributed by atoms with van der Waals surface area (Å²) in [5, 5.41) is 13.5. The monoisotopic (exact) mass is 675 g/mol. The fourth-order valence-electron chi connectivity index (χ4n) is 6.33. The lowest BCUT2D eigenvalue weighted by atomic mass is 9.98. The number of hydrogen-bond acceptors (Lipinski definition) is 6. The van der Waals surface area contributed by atoms with E-state index in [1.807, 2.05) is 18.4 Å². The molecular formula is C40H47FN2O6. The van der Waals surface area contributed by atoms with Crippen LogP contribution >= 0.6 is 0 Å². The first-order valence-electron chi connectivity index (χ1n) is 19.0. The lowest BCUT2D eigenvalue weighted by Gasteiger charge is -2.41. The summed E-state index contributed by atoms with van der Waals surface area (Å²) in [5.41, 5.74) is 0.838. The van der Waals surface area contributed by atoms with E-state index in [9.17, 15) is 19.1 Å². The Hall–Kier alpha value is -4.47. The molecule has 0 saturated carbocycles. The highest BCUT2D eigenvalue weighted by Gasteiger charge is 2.38. The summed E-state index contributed by atoms with van der Waals surface area (Å²) < 4.78 is 77.7. The maximum absolute atomic E-state index is 14.4. The number of carbonyl (C=O) groups is 2. The number of ether oxygens (including phenoxy) is 3. The number of rotatable bonds is 10. The summed E-state index contributed by atoms with van der Waals surface area (Å²) in [4.78, 5) is 26.7. The van der Waals surface area contributed by atoms with Gasteiger partial charge in [-0.25, -0.2) is 4.39 Å². The van der Waals surface area contributed by atoms with Crippen LogP contribution in [0.3, 0.4) is 0 Å². The molecule has 1 saturated heterocycles. The van der Waals surface area contributed by atoms with Crippen LogP contribution in [0.25, 0.3) is 22.4 Å². The van der Waals surface area contributed by atoms with Crippen molar-refractivity contribution in [1.29, 1.82) is 0 Å². The van der Waals surface area contributed by atoms with E-state index in [1.54, 1.807) is 46.8 Å². The van der Waals surface area contributed by atoms with Gasteiger partial charge in [0.2, 0.25) is 0 Å². The van der Waals surface area contributed by atoms with Gasteiger partial charge in [-0.2, -0.15) is 0 Å². The van der Waals surface area contributed by atoms with Crippen LogP contribution < -0.4 is 5.32 Å². The number of anilines is 1. The maximum atomic E-state index is 14.4. The molecule has 1 aromatic heterocycles. The van der Waals surface area contributed by atoms with Crippen molar-refractivity contribution in [3.63, 3.8) is 0 Å². The number of nitrogens with one attached hydrogen (secondary N) is 1. The molecule has 2 atom stereocenters. The Balaban J connectivity index is 1.72. The third-order valence-electron chi connectivity index (χ3n) is 8.02. The Morgan fingerprint density at radius 3 is 2.33 bits per heavy atom. The Bertz CT molecular complexity index is 2030. The molecule has 0 aliphatic carbocycles. The molecule has 1 aliphatic heterocycles. The van der Waals surface area contributed by atoms with Crippen LogP contribution in [0.5, 0.6) is 5.75 Å². The first kappa shape index (κ1) is 29.4. The van der Waals surface area contributed by atoms with Crippen molar-refractivity contribution in [2.75, 3.05) is 5.32 Å². The van der Waals surface area contributed by atoms with Crippen LogP contribution in [0, 0.1) is 5.82 Å². The van der Waals surface area contributed by atoms with Gasteiger partial charge in [-0.3, -0.25) is 9.59 Å². The fourth-order valence-corrected chi connectivity index (χ4v) is 6.33. The molecule has 0 bridgehead atoms. The summed E-state index contributed by atoms with van der Waals surface area (Å²) in [6.07, 6.45) is -0.181. The Labute approximate surface area is 295 Å². The number of halogens is 1. The Morgan fingerprint density at radius 2 is 1.69 bits per heavy atom. The number of phenols is 1. The number of benzene rings is 3. The van der Waals surface area contributed by atoms with E-state index in [2.05, 4.69) is 5.32 Å². The van der Waals surface area contributed by atoms with Gasteiger partial charge in [0.1, 0.15) is 17.2 Å². The first-order chi connectivity index (χ1) is 25.2. The van der Waals surface area contributed by atoms with E-state index in [-0.39, 0.29) is 47.0 Å². The summed E-state index contributed by atoms with van der Waals surface area (Å²) in [6.45, 7) is 12.9. The zero-order chi connectivity index (χ0) is 39.9. The second kappa shape index (κ2) is 14.6. The maximum Gasteiger partial charge on any atom is 0.308 e. The predicted molar refractivity (Wildman–Crippen MR) is 189 cm³/mol. The molecule has 9 heteroatoms. The summed E-state index contributed by atoms with van der Waals surface area (Å²) >= 11 is 0. The zero-order valence-electron chi connectivity index (χ0n) is 34.0. The molecular weight excluding hydrogens is 623 g/mol. The number of hydrogen-bond donors (Lipinski definition) is 2. The van der Waals surface area contributed by atoms with Crippen LogP contribution in [0.15, 0.2) is 78.7 Å². The normalized spacial score (nSPS) is 19.0. The summed E-state index contributed by atoms with van der Waals surface area (Å²) in [6, 6.07) is 8.87. The largest absolute Gasteiger partial charge is 0.507 e. The van der Waals surface area contributed by atoms with Crippen molar-refractivity contribution in [1.82, 2.24) is 4.57 Å². The molecule has 1 fully saturated rings. The van der Waals surface area contributed by atoms with Crippen molar-refractivity contribution in [2.45, 2.75) is 104 Å². The molecule has 260 valence electrons. The van der Waals surface area contributed by atoms with Crippen LogP contribution in [0.4, 0.5) is 10.1 Å². The quantitative estimate of drug-likeness (QED) is 0.163. The number of nitrogens with zero attached hydrogens (tertiary/aromatic N) is 1. The third-order valence-corrected chi connectivity index (χ3v) is 8.02. The molecule has 2 unspecified atom stereocenters. The van der Waals surface area contributed by atoms with Gasteiger partial charge in [-0.05, 0) is 94.5 Å². The number of para-hydroxylation sites is 1. The number of amides is 1. The zero-order valence-corrected chi connectivity index (χ0v) is 29.0. The van der Waals surface area contributed by atoms with E-state index >= 15 is 0 Å². The highest BCUT2D eigenvalue weighted by Crippen LogP contribution is 2.46. The third kappa shape index (κ3) is 8.77. The molecule has 1 amide bonds. The van der Waals surface area contributed by atoms with Gasteiger partial charge in [-0.1, -0.05) is 56.2 Å². The van der Waals surface area contributed by atoms with Crippen LogP contribution in [-0.4, -0.2) is 45.1 Å². The first-order valence-corrected chi connectivity index (χ1v) is 16.5. The average molecular weight is 676 g/mol. The lowest BCUT2D eigenvalue weighted by molar-refractivity contribution is -0.301. The Kier molecular flexibility index (Phi) is 8.75. The lowest BCUT2D eigenvalue weighted by Crippen LogP contribution is -2.46. The average Bonchev–Trinajstić information content (AvgIpc) is 3.37. The molecule has 0 radical (unpaired) electrons. The highest BCUT2D eigenvalue weighted by atomic mass is 19.1. The van der Waals surface area contributed by atoms with Gasteiger partial charge in [0.15, 0.2) is 5.79 Å². The molecule has 5 rings (SSSR count). The van der Waals surface area contributed by atoms with E-state index in [1.165, 1.54) is 36.4 Å². The minimum Gasteiger partial charge on any atom is -0.507 e. The minimum absolute atomic E-state index is 0.0181. The molecule has 0 spiro atoms.